The zero-order chi connectivity index (χ0) is 18.5. The minimum absolute atomic E-state index is 0.0920. The summed E-state index contributed by atoms with van der Waals surface area (Å²) in [5, 5.41) is 9.38. The third-order valence-corrected chi connectivity index (χ3v) is 4.51. The topological polar surface area (TPSA) is 55.8 Å². The fourth-order valence-corrected chi connectivity index (χ4v) is 2.93. The van der Waals surface area contributed by atoms with Gasteiger partial charge in [-0.25, -0.2) is 4.79 Å². The summed E-state index contributed by atoms with van der Waals surface area (Å²) in [6.07, 6.45) is 0. The molecule has 0 saturated carbocycles. The normalized spacial score (nSPS) is 10.4. The van der Waals surface area contributed by atoms with Gasteiger partial charge in [0.1, 0.15) is 23.7 Å². The quantitative estimate of drug-likeness (QED) is 0.553. The number of carboxylic acid groups (broad SMARTS) is 1. The van der Waals surface area contributed by atoms with Crippen LogP contribution >= 0.6 is 15.9 Å². The lowest BCUT2D eigenvalue weighted by molar-refractivity contribution is 0.0694. The Morgan fingerprint density at radius 1 is 0.962 bits per heavy atom. The van der Waals surface area contributed by atoms with Gasteiger partial charge >= 0.3 is 5.97 Å². The molecule has 0 aliphatic rings. The number of ether oxygens (including phenoxy) is 2. The number of aromatic carboxylic acids is 1. The summed E-state index contributed by atoms with van der Waals surface area (Å²) in [6, 6.07) is 20.3. The zero-order valence-corrected chi connectivity index (χ0v) is 15.7. The van der Waals surface area contributed by atoms with Gasteiger partial charge in [0, 0.05) is 5.56 Å². The van der Waals surface area contributed by atoms with Crippen molar-refractivity contribution < 1.29 is 19.4 Å². The highest BCUT2D eigenvalue weighted by molar-refractivity contribution is 9.10. The van der Waals surface area contributed by atoms with Crippen LogP contribution < -0.4 is 9.47 Å². The summed E-state index contributed by atoms with van der Waals surface area (Å²) in [6.45, 7) is 2.33. The van der Waals surface area contributed by atoms with Gasteiger partial charge in [-0.3, -0.25) is 0 Å². The first kappa shape index (κ1) is 18.0. The highest BCUT2D eigenvalue weighted by Crippen LogP contribution is 2.37. The Kier molecular flexibility index (Phi) is 5.58. The number of benzene rings is 3. The molecule has 0 radical (unpaired) electrons. The van der Waals surface area contributed by atoms with Gasteiger partial charge in [0.25, 0.3) is 0 Å². The van der Waals surface area contributed by atoms with Crippen LogP contribution in [0.3, 0.4) is 0 Å². The average Bonchev–Trinajstić information content (AvgIpc) is 2.64. The zero-order valence-electron chi connectivity index (χ0n) is 14.1. The molecule has 0 saturated heterocycles. The Bertz CT molecular complexity index is 923. The number of carbonyl (C=O) groups is 1. The van der Waals surface area contributed by atoms with Crippen LogP contribution in [0.2, 0.25) is 0 Å². The average molecular weight is 413 g/mol. The fourth-order valence-electron chi connectivity index (χ4n) is 2.49. The maximum atomic E-state index is 11.4. The van der Waals surface area contributed by atoms with Crippen molar-refractivity contribution in [1.82, 2.24) is 0 Å². The summed E-state index contributed by atoms with van der Waals surface area (Å²) in [5.41, 5.74) is 1.96. The minimum Gasteiger partial charge on any atom is -0.488 e. The third kappa shape index (κ3) is 4.06. The second kappa shape index (κ2) is 8.06. The summed E-state index contributed by atoms with van der Waals surface area (Å²) < 4.78 is 12.4. The lowest BCUT2D eigenvalue weighted by atomic mass is 10.1. The first-order chi connectivity index (χ1) is 12.6. The van der Waals surface area contributed by atoms with Gasteiger partial charge in [-0.2, -0.15) is 0 Å². The van der Waals surface area contributed by atoms with E-state index >= 15 is 0 Å². The lowest BCUT2D eigenvalue weighted by Gasteiger charge is -2.15. The van der Waals surface area contributed by atoms with Crippen molar-refractivity contribution in [3.8, 4) is 17.2 Å². The van der Waals surface area contributed by atoms with E-state index in [0.717, 1.165) is 11.1 Å². The van der Waals surface area contributed by atoms with Gasteiger partial charge in [0.15, 0.2) is 5.75 Å². The molecular weight excluding hydrogens is 396 g/mol. The molecule has 4 nitrogen and oxygen atoms in total. The first-order valence-corrected chi connectivity index (χ1v) is 8.81. The maximum absolute atomic E-state index is 11.4. The van der Waals surface area contributed by atoms with Crippen molar-refractivity contribution in [1.29, 1.82) is 0 Å². The molecule has 3 aromatic carbocycles. The molecule has 0 spiro atoms. The molecule has 0 aliphatic heterocycles. The van der Waals surface area contributed by atoms with E-state index in [0.29, 0.717) is 22.6 Å². The summed E-state index contributed by atoms with van der Waals surface area (Å²) in [7, 11) is 0. The van der Waals surface area contributed by atoms with Crippen LogP contribution in [-0.4, -0.2) is 11.1 Å². The van der Waals surface area contributed by atoms with Crippen molar-refractivity contribution in [2.75, 3.05) is 0 Å². The van der Waals surface area contributed by atoms with E-state index in [9.17, 15) is 9.90 Å². The Morgan fingerprint density at radius 2 is 1.65 bits per heavy atom. The van der Waals surface area contributed by atoms with Gasteiger partial charge in [0.2, 0.25) is 0 Å². The second-order valence-electron chi connectivity index (χ2n) is 5.68. The molecule has 0 amide bonds. The Balaban J connectivity index is 1.85. The standard InChI is InChI=1S/C21H17BrO4/c1-14-18(25-13-15-7-3-2-4-8-15)11-6-12-19(14)26-20-16(21(23)24)9-5-10-17(20)22/h2-12H,13H2,1H3,(H,23,24). The van der Waals surface area contributed by atoms with Crippen molar-refractivity contribution in [2.24, 2.45) is 0 Å². The summed E-state index contributed by atoms with van der Waals surface area (Å²) in [4.78, 5) is 11.4. The predicted molar refractivity (Wildman–Crippen MR) is 103 cm³/mol. The first-order valence-electron chi connectivity index (χ1n) is 8.02. The van der Waals surface area contributed by atoms with Crippen LogP contribution in [0.5, 0.6) is 17.2 Å². The van der Waals surface area contributed by atoms with Crippen molar-refractivity contribution in [3.63, 3.8) is 0 Å². The molecule has 0 bridgehead atoms. The highest BCUT2D eigenvalue weighted by Gasteiger charge is 2.17. The van der Waals surface area contributed by atoms with Gasteiger partial charge in [0.05, 0.1) is 4.47 Å². The van der Waals surface area contributed by atoms with E-state index in [1.54, 1.807) is 18.2 Å². The summed E-state index contributed by atoms with van der Waals surface area (Å²) >= 11 is 3.36. The molecule has 0 aromatic heterocycles. The van der Waals surface area contributed by atoms with Crippen LogP contribution in [0.25, 0.3) is 0 Å². The molecular formula is C21H17BrO4. The number of hydrogen-bond acceptors (Lipinski definition) is 3. The smallest absolute Gasteiger partial charge is 0.339 e. The van der Waals surface area contributed by atoms with Gasteiger partial charge in [-0.15, -0.1) is 0 Å². The van der Waals surface area contributed by atoms with E-state index in [1.807, 2.05) is 49.4 Å². The van der Waals surface area contributed by atoms with Crippen LogP contribution in [0.1, 0.15) is 21.5 Å². The molecule has 0 heterocycles. The number of rotatable bonds is 6. The van der Waals surface area contributed by atoms with E-state index in [2.05, 4.69) is 15.9 Å². The minimum atomic E-state index is -1.05. The Labute approximate surface area is 160 Å². The number of hydrogen-bond donors (Lipinski definition) is 1. The van der Waals surface area contributed by atoms with Gasteiger partial charge < -0.3 is 14.6 Å². The largest absolute Gasteiger partial charge is 0.488 e. The molecule has 132 valence electrons. The van der Waals surface area contributed by atoms with E-state index in [1.165, 1.54) is 6.07 Å². The molecule has 0 aliphatic carbocycles. The molecule has 0 fully saturated rings. The summed E-state index contributed by atoms with van der Waals surface area (Å²) in [5.74, 6) is 0.457. The molecule has 0 unspecified atom stereocenters. The van der Waals surface area contributed by atoms with Crippen LogP contribution in [0.15, 0.2) is 71.2 Å². The van der Waals surface area contributed by atoms with Crippen LogP contribution in [0, 0.1) is 6.92 Å². The van der Waals surface area contributed by atoms with Gasteiger partial charge in [-0.1, -0.05) is 42.5 Å². The number of halogens is 1. The van der Waals surface area contributed by atoms with E-state index in [-0.39, 0.29) is 11.3 Å². The highest BCUT2D eigenvalue weighted by atomic mass is 79.9. The number of para-hydroxylation sites is 1. The predicted octanol–water partition coefficient (Wildman–Crippen LogP) is 5.83. The molecule has 0 atom stereocenters. The molecule has 1 N–H and O–H groups in total. The SMILES string of the molecule is Cc1c(OCc2ccccc2)cccc1Oc1c(Br)cccc1C(=O)O. The van der Waals surface area contributed by atoms with Crippen LogP contribution in [0.4, 0.5) is 0 Å². The maximum Gasteiger partial charge on any atom is 0.339 e. The third-order valence-electron chi connectivity index (χ3n) is 3.88. The van der Waals surface area contributed by atoms with Crippen molar-refractivity contribution in [2.45, 2.75) is 13.5 Å². The van der Waals surface area contributed by atoms with Gasteiger partial charge in [-0.05, 0) is 52.7 Å². The molecule has 3 aromatic rings. The molecule has 3 rings (SSSR count). The second-order valence-corrected chi connectivity index (χ2v) is 6.53. The molecule has 5 heteroatoms. The molecule has 26 heavy (non-hydrogen) atoms. The lowest BCUT2D eigenvalue weighted by Crippen LogP contribution is -2.02. The van der Waals surface area contributed by atoms with E-state index < -0.39 is 5.97 Å². The van der Waals surface area contributed by atoms with Crippen LogP contribution in [-0.2, 0) is 6.61 Å². The number of carboxylic acids is 1. The Hall–Kier alpha value is -2.79. The van der Waals surface area contributed by atoms with Crippen molar-refractivity contribution in [3.05, 3.63) is 87.9 Å². The van der Waals surface area contributed by atoms with E-state index in [4.69, 9.17) is 9.47 Å². The fraction of sp³-hybridized carbons (Fsp3) is 0.0952. The van der Waals surface area contributed by atoms with Crippen molar-refractivity contribution >= 4 is 21.9 Å². The Morgan fingerprint density at radius 3 is 2.38 bits per heavy atom. The monoisotopic (exact) mass is 412 g/mol.